The first-order valence-corrected chi connectivity index (χ1v) is 6.54. The number of aromatic nitrogens is 1. The molecule has 1 aromatic rings. The van der Waals surface area contributed by atoms with E-state index in [2.05, 4.69) is 34.3 Å². The molecule has 2 bridgehead atoms. The van der Waals surface area contributed by atoms with Crippen LogP contribution < -0.4 is 0 Å². The second-order valence-electron chi connectivity index (χ2n) is 4.52. The van der Waals surface area contributed by atoms with Crippen LogP contribution in [0.2, 0.25) is 0 Å². The number of rotatable bonds is 2. The SMILES string of the molecule is Cc1csc(CN2C3C=CCC2CC3)n1. The molecule has 15 heavy (non-hydrogen) atoms. The van der Waals surface area contributed by atoms with Gasteiger partial charge in [-0.3, -0.25) is 4.90 Å². The van der Waals surface area contributed by atoms with Crippen LogP contribution >= 0.6 is 11.3 Å². The van der Waals surface area contributed by atoms with Crippen molar-refractivity contribution in [2.24, 2.45) is 0 Å². The van der Waals surface area contributed by atoms with Crippen LogP contribution in [0.15, 0.2) is 17.5 Å². The minimum absolute atomic E-state index is 0.688. The van der Waals surface area contributed by atoms with Gasteiger partial charge in [0.05, 0.1) is 6.54 Å². The van der Waals surface area contributed by atoms with Gasteiger partial charge >= 0.3 is 0 Å². The van der Waals surface area contributed by atoms with Crippen molar-refractivity contribution < 1.29 is 0 Å². The van der Waals surface area contributed by atoms with Crippen LogP contribution in [0.3, 0.4) is 0 Å². The van der Waals surface area contributed by atoms with E-state index in [0.717, 1.165) is 18.3 Å². The Bertz CT molecular complexity index is 383. The number of hydrogen-bond donors (Lipinski definition) is 0. The van der Waals surface area contributed by atoms with Gasteiger partial charge in [-0.1, -0.05) is 12.2 Å². The predicted octanol–water partition coefficient (Wildman–Crippen LogP) is 2.74. The van der Waals surface area contributed by atoms with Gasteiger partial charge in [-0.05, 0) is 26.2 Å². The molecular formula is C12H16N2S. The number of aryl methyl sites for hydroxylation is 1. The van der Waals surface area contributed by atoms with Crippen LogP contribution in [0, 0.1) is 6.92 Å². The summed E-state index contributed by atoms with van der Waals surface area (Å²) < 4.78 is 0. The van der Waals surface area contributed by atoms with Crippen LogP contribution in [-0.2, 0) is 6.54 Å². The molecule has 3 heterocycles. The summed E-state index contributed by atoms with van der Waals surface area (Å²) in [5, 5.41) is 3.43. The van der Waals surface area contributed by atoms with Crippen molar-refractivity contribution in [3.8, 4) is 0 Å². The van der Waals surface area contributed by atoms with Crippen LogP contribution in [0.5, 0.6) is 0 Å². The molecule has 2 aliphatic rings. The lowest BCUT2D eigenvalue weighted by atomic mass is 10.1. The molecule has 2 atom stereocenters. The lowest BCUT2D eigenvalue weighted by molar-refractivity contribution is 0.200. The molecule has 2 aliphatic heterocycles. The number of hydrogen-bond acceptors (Lipinski definition) is 3. The van der Waals surface area contributed by atoms with Crippen molar-refractivity contribution >= 4 is 11.3 Å². The summed E-state index contributed by atoms with van der Waals surface area (Å²) in [4.78, 5) is 7.18. The molecule has 1 aromatic heterocycles. The van der Waals surface area contributed by atoms with E-state index in [1.165, 1.54) is 24.3 Å². The second kappa shape index (κ2) is 3.72. The van der Waals surface area contributed by atoms with E-state index in [4.69, 9.17) is 0 Å². The molecule has 1 saturated heterocycles. The predicted molar refractivity (Wildman–Crippen MR) is 63.0 cm³/mol. The van der Waals surface area contributed by atoms with Gasteiger partial charge < -0.3 is 0 Å². The number of thiazole rings is 1. The zero-order chi connectivity index (χ0) is 10.3. The Kier molecular flexibility index (Phi) is 2.37. The average Bonchev–Trinajstić information content (AvgIpc) is 2.71. The lowest BCUT2D eigenvalue weighted by Gasteiger charge is -2.30. The maximum atomic E-state index is 4.55. The van der Waals surface area contributed by atoms with E-state index >= 15 is 0 Å². The molecule has 3 rings (SSSR count). The minimum atomic E-state index is 0.688. The quantitative estimate of drug-likeness (QED) is 0.712. The Morgan fingerprint density at radius 3 is 3.20 bits per heavy atom. The summed E-state index contributed by atoms with van der Waals surface area (Å²) in [5.41, 5.74) is 1.16. The van der Waals surface area contributed by atoms with E-state index in [-0.39, 0.29) is 0 Å². The average molecular weight is 220 g/mol. The van der Waals surface area contributed by atoms with Crippen molar-refractivity contribution in [2.75, 3.05) is 0 Å². The monoisotopic (exact) mass is 220 g/mol. The first-order chi connectivity index (χ1) is 7.33. The highest BCUT2D eigenvalue weighted by molar-refractivity contribution is 7.09. The molecule has 3 heteroatoms. The standard InChI is InChI=1S/C12H16N2S/c1-9-8-15-12(13-9)7-14-10-3-2-4-11(14)6-5-10/h2-3,8,10-11H,4-7H2,1H3. The normalized spacial score (nSPS) is 29.9. The lowest BCUT2D eigenvalue weighted by Crippen LogP contribution is -2.36. The van der Waals surface area contributed by atoms with Gasteiger partial charge in [0.2, 0.25) is 0 Å². The van der Waals surface area contributed by atoms with Gasteiger partial charge in [0.25, 0.3) is 0 Å². The fourth-order valence-electron chi connectivity index (χ4n) is 2.70. The van der Waals surface area contributed by atoms with Gasteiger partial charge in [0.1, 0.15) is 5.01 Å². The third-order valence-electron chi connectivity index (χ3n) is 3.44. The number of nitrogens with zero attached hydrogens (tertiary/aromatic N) is 2. The summed E-state index contributed by atoms with van der Waals surface area (Å²) in [7, 11) is 0. The summed E-state index contributed by atoms with van der Waals surface area (Å²) in [6.07, 6.45) is 8.67. The fourth-order valence-corrected chi connectivity index (χ4v) is 3.48. The molecule has 0 spiro atoms. The molecule has 2 unspecified atom stereocenters. The minimum Gasteiger partial charge on any atom is -0.287 e. The maximum Gasteiger partial charge on any atom is 0.107 e. The van der Waals surface area contributed by atoms with Gasteiger partial charge in [0, 0.05) is 23.2 Å². The highest BCUT2D eigenvalue weighted by Gasteiger charge is 2.33. The van der Waals surface area contributed by atoms with Crippen molar-refractivity contribution in [2.45, 2.75) is 44.8 Å². The van der Waals surface area contributed by atoms with Crippen LogP contribution in [0.4, 0.5) is 0 Å². The highest BCUT2D eigenvalue weighted by atomic mass is 32.1. The summed E-state index contributed by atoms with van der Waals surface area (Å²) in [6.45, 7) is 3.13. The summed E-state index contributed by atoms with van der Waals surface area (Å²) >= 11 is 1.80. The van der Waals surface area contributed by atoms with Crippen LogP contribution in [0.1, 0.15) is 30.0 Å². The second-order valence-corrected chi connectivity index (χ2v) is 5.46. The zero-order valence-corrected chi connectivity index (χ0v) is 9.83. The Hall–Kier alpha value is -0.670. The molecule has 0 saturated carbocycles. The summed E-state index contributed by atoms with van der Waals surface area (Å²) in [6, 6.07) is 1.47. The molecule has 0 radical (unpaired) electrons. The van der Waals surface area contributed by atoms with Gasteiger partial charge in [-0.25, -0.2) is 4.98 Å². The number of fused-ring (bicyclic) bond motifs is 2. The van der Waals surface area contributed by atoms with E-state index in [0.29, 0.717) is 6.04 Å². The zero-order valence-electron chi connectivity index (χ0n) is 9.02. The molecule has 0 aliphatic carbocycles. The molecule has 2 nitrogen and oxygen atoms in total. The van der Waals surface area contributed by atoms with E-state index in [9.17, 15) is 0 Å². The van der Waals surface area contributed by atoms with Crippen molar-refractivity contribution in [1.29, 1.82) is 0 Å². The highest BCUT2D eigenvalue weighted by Crippen LogP contribution is 2.33. The van der Waals surface area contributed by atoms with E-state index in [1.807, 2.05) is 0 Å². The smallest absolute Gasteiger partial charge is 0.107 e. The molecule has 0 amide bonds. The van der Waals surface area contributed by atoms with Crippen molar-refractivity contribution in [1.82, 2.24) is 9.88 Å². The van der Waals surface area contributed by atoms with Gasteiger partial charge in [-0.2, -0.15) is 0 Å². The third-order valence-corrected chi connectivity index (χ3v) is 4.39. The molecule has 1 fully saturated rings. The maximum absolute atomic E-state index is 4.55. The molecular weight excluding hydrogens is 204 g/mol. The molecule has 0 N–H and O–H groups in total. The first-order valence-electron chi connectivity index (χ1n) is 5.66. The Morgan fingerprint density at radius 1 is 1.53 bits per heavy atom. The van der Waals surface area contributed by atoms with E-state index in [1.54, 1.807) is 11.3 Å². The first kappa shape index (κ1) is 9.55. The topological polar surface area (TPSA) is 16.1 Å². The van der Waals surface area contributed by atoms with Crippen molar-refractivity contribution in [3.05, 3.63) is 28.2 Å². The van der Waals surface area contributed by atoms with Gasteiger partial charge in [-0.15, -0.1) is 11.3 Å². The third kappa shape index (κ3) is 1.74. The fraction of sp³-hybridized carbons (Fsp3) is 0.583. The van der Waals surface area contributed by atoms with Crippen molar-refractivity contribution in [3.63, 3.8) is 0 Å². The molecule has 0 aromatic carbocycles. The van der Waals surface area contributed by atoms with Crippen LogP contribution in [0.25, 0.3) is 0 Å². The molecule has 80 valence electrons. The Balaban J connectivity index is 1.76. The summed E-state index contributed by atoms with van der Waals surface area (Å²) in [5.74, 6) is 0. The van der Waals surface area contributed by atoms with Crippen LogP contribution in [-0.4, -0.2) is 22.0 Å². The Morgan fingerprint density at radius 2 is 2.47 bits per heavy atom. The van der Waals surface area contributed by atoms with Gasteiger partial charge in [0.15, 0.2) is 0 Å². The Labute approximate surface area is 94.6 Å². The van der Waals surface area contributed by atoms with E-state index < -0.39 is 0 Å². The largest absolute Gasteiger partial charge is 0.287 e.